The minimum absolute atomic E-state index is 0.115. The zero-order valence-electron chi connectivity index (χ0n) is 21.8. The van der Waals surface area contributed by atoms with E-state index in [-0.39, 0.29) is 17.1 Å². The van der Waals surface area contributed by atoms with E-state index in [4.69, 9.17) is 9.47 Å². The molecule has 1 N–H and O–H groups in total. The summed E-state index contributed by atoms with van der Waals surface area (Å²) in [5, 5.41) is 15.1. The zero-order chi connectivity index (χ0) is 27.2. The van der Waals surface area contributed by atoms with Crippen molar-refractivity contribution in [2.24, 2.45) is 0 Å². The maximum Gasteiger partial charge on any atom is 0.190 e. The molecule has 39 heavy (non-hydrogen) atoms. The predicted octanol–water partition coefficient (Wildman–Crippen LogP) is 8.28. The van der Waals surface area contributed by atoms with Crippen LogP contribution < -0.4 is 9.47 Å². The number of carbonyl (C=O) groups is 1. The molecular formula is C35H28O4. The number of hydrogen-bond donors (Lipinski definition) is 1. The summed E-state index contributed by atoms with van der Waals surface area (Å²) in [7, 11) is 3.29. The number of ether oxygens (including phenoxy) is 2. The molecule has 4 heteroatoms. The second-order valence-corrected chi connectivity index (χ2v) is 8.96. The van der Waals surface area contributed by atoms with E-state index in [1.54, 1.807) is 26.4 Å². The van der Waals surface area contributed by atoms with Crippen molar-refractivity contribution < 1.29 is 19.4 Å². The van der Waals surface area contributed by atoms with Gasteiger partial charge in [-0.15, -0.1) is 0 Å². The maximum atomic E-state index is 13.5. The van der Waals surface area contributed by atoms with Gasteiger partial charge in [0.05, 0.1) is 19.8 Å². The predicted molar refractivity (Wildman–Crippen MR) is 160 cm³/mol. The van der Waals surface area contributed by atoms with Crippen molar-refractivity contribution in [2.75, 3.05) is 14.2 Å². The lowest BCUT2D eigenvalue weighted by Gasteiger charge is -2.09. The molecular weight excluding hydrogens is 484 g/mol. The lowest BCUT2D eigenvalue weighted by Crippen LogP contribution is -2.01. The Balaban J connectivity index is 1.54. The third kappa shape index (κ3) is 5.32. The fourth-order valence-electron chi connectivity index (χ4n) is 4.76. The molecule has 5 rings (SSSR count). The first-order valence-electron chi connectivity index (χ1n) is 12.6. The molecule has 0 spiro atoms. The molecule has 5 aromatic carbocycles. The summed E-state index contributed by atoms with van der Waals surface area (Å²) in [6, 6.07) is 32.6. The van der Waals surface area contributed by atoms with E-state index in [0.717, 1.165) is 44.2 Å². The van der Waals surface area contributed by atoms with Crippen molar-refractivity contribution in [3.63, 3.8) is 0 Å². The van der Waals surface area contributed by atoms with E-state index in [1.165, 1.54) is 6.08 Å². The van der Waals surface area contributed by atoms with Crippen LogP contribution in [0.3, 0.4) is 0 Å². The molecule has 5 aromatic rings. The lowest BCUT2D eigenvalue weighted by molar-refractivity contribution is -0.109. The van der Waals surface area contributed by atoms with Gasteiger partial charge < -0.3 is 14.6 Å². The summed E-state index contributed by atoms with van der Waals surface area (Å²) in [5.41, 5.74) is 2.64. The lowest BCUT2D eigenvalue weighted by atomic mass is 9.97. The van der Waals surface area contributed by atoms with Gasteiger partial charge in [-0.3, -0.25) is 4.79 Å². The van der Waals surface area contributed by atoms with Crippen LogP contribution in [0.5, 0.6) is 11.5 Å². The van der Waals surface area contributed by atoms with Crippen LogP contribution in [0.4, 0.5) is 0 Å². The zero-order valence-corrected chi connectivity index (χ0v) is 21.8. The molecule has 0 aliphatic rings. The van der Waals surface area contributed by atoms with Gasteiger partial charge in [0.1, 0.15) is 17.3 Å². The summed E-state index contributed by atoms with van der Waals surface area (Å²) in [5.74, 6) is 1.13. The standard InChI is InChI=1S/C35H28O4/c1-38-33-22-18-24(27-12-6-8-14-29(27)33)16-20-31(36)35(26-10-4-3-5-11-26)32(37)21-17-25-19-23-34(39-2)30-15-9-7-13-28(25)30/h3-23,36H,1-2H3/b20-16+,21-17+,35-31-. The van der Waals surface area contributed by atoms with Gasteiger partial charge in [-0.25, -0.2) is 0 Å². The molecule has 0 aromatic heterocycles. The largest absolute Gasteiger partial charge is 0.507 e. The van der Waals surface area contributed by atoms with Crippen LogP contribution in [-0.4, -0.2) is 25.1 Å². The summed E-state index contributed by atoms with van der Waals surface area (Å²) >= 11 is 0. The van der Waals surface area contributed by atoms with E-state index in [1.807, 2.05) is 109 Å². The second kappa shape index (κ2) is 11.5. The summed E-state index contributed by atoms with van der Waals surface area (Å²) in [4.78, 5) is 13.5. The second-order valence-electron chi connectivity index (χ2n) is 8.96. The summed E-state index contributed by atoms with van der Waals surface area (Å²) < 4.78 is 11.0. The van der Waals surface area contributed by atoms with Gasteiger partial charge in [-0.2, -0.15) is 0 Å². The Labute approximate surface area is 227 Å². The Bertz CT molecular complexity index is 1740. The average molecular weight is 513 g/mol. The smallest absolute Gasteiger partial charge is 0.190 e. The number of aliphatic hydroxyl groups is 1. The summed E-state index contributed by atoms with van der Waals surface area (Å²) in [6.45, 7) is 0. The van der Waals surface area contributed by atoms with Crippen LogP contribution in [0.15, 0.2) is 121 Å². The maximum absolute atomic E-state index is 13.5. The molecule has 4 nitrogen and oxygen atoms in total. The number of methoxy groups -OCH3 is 2. The van der Waals surface area contributed by atoms with Crippen molar-refractivity contribution in [2.45, 2.75) is 0 Å². The van der Waals surface area contributed by atoms with Crippen LogP contribution in [-0.2, 0) is 4.79 Å². The van der Waals surface area contributed by atoms with Crippen molar-refractivity contribution in [3.05, 3.63) is 138 Å². The number of aliphatic hydroxyl groups excluding tert-OH is 1. The highest BCUT2D eigenvalue weighted by molar-refractivity contribution is 6.28. The molecule has 0 heterocycles. The number of fused-ring (bicyclic) bond motifs is 2. The molecule has 0 aliphatic heterocycles. The Morgan fingerprint density at radius 2 is 1.05 bits per heavy atom. The topological polar surface area (TPSA) is 55.8 Å². The van der Waals surface area contributed by atoms with E-state index < -0.39 is 0 Å². The highest BCUT2D eigenvalue weighted by Gasteiger charge is 2.15. The minimum atomic E-state index is -0.303. The third-order valence-electron chi connectivity index (χ3n) is 6.68. The van der Waals surface area contributed by atoms with Crippen molar-refractivity contribution >= 4 is 45.1 Å². The Kier molecular flexibility index (Phi) is 7.56. The Morgan fingerprint density at radius 3 is 1.56 bits per heavy atom. The van der Waals surface area contributed by atoms with Gasteiger partial charge in [0.2, 0.25) is 0 Å². The molecule has 0 bridgehead atoms. The van der Waals surface area contributed by atoms with Crippen LogP contribution in [0.2, 0.25) is 0 Å². The Morgan fingerprint density at radius 1 is 0.590 bits per heavy atom. The van der Waals surface area contributed by atoms with Crippen LogP contribution in [0, 0.1) is 0 Å². The first-order chi connectivity index (χ1) is 19.1. The fraction of sp³-hybridized carbons (Fsp3) is 0.0571. The number of ketones is 1. The van der Waals surface area contributed by atoms with E-state index in [0.29, 0.717) is 5.56 Å². The molecule has 0 amide bonds. The van der Waals surface area contributed by atoms with Gasteiger partial charge in [0, 0.05) is 10.8 Å². The van der Waals surface area contributed by atoms with Gasteiger partial charge in [-0.1, -0.05) is 103 Å². The van der Waals surface area contributed by atoms with Crippen LogP contribution in [0.25, 0.3) is 39.3 Å². The van der Waals surface area contributed by atoms with Crippen LogP contribution in [0.1, 0.15) is 16.7 Å². The van der Waals surface area contributed by atoms with Crippen molar-refractivity contribution in [1.29, 1.82) is 0 Å². The third-order valence-corrected chi connectivity index (χ3v) is 6.68. The molecule has 0 atom stereocenters. The normalized spacial score (nSPS) is 12.3. The quantitative estimate of drug-likeness (QED) is 0.129. The highest BCUT2D eigenvalue weighted by atomic mass is 16.5. The van der Waals surface area contributed by atoms with E-state index >= 15 is 0 Å². The SMILES string of the molecule is COc1ccc(/C=C/C(=O)/C(=C(O)/C=C/c2ccc(OC)c3ccccc23)c2ccccc2)c2ccccc12. The van der Waals surface area contributed by atoms with Crippen molar-refractivity contribution in [1.82, 2.24) is 0 Å². The van der Waals surface area contributed by atoms with E-state index in [2.05, 4.69) is 0 Å². The van der Waals surface area contributed by atoms with Crippen molar-refractivity contribution in [3.8, 4) is 11.5 Å². The number of hydrogen-bond acceptors (Lipinski definition) is 4. The number of allylic oxidation sites excluding steroid dienone is 3. The number of carbonyl (C=O) groups excluding carboxylic acids is 1. The fourth-order valence-corrected chi connectivity index (χ4v) is 4.76. The van der Waals surface area contributed by atoms with Gasteiger partial charge in [0.15, 0.2) is 5.78 Å². The van der Waals surface area contributed by atoms with Gasteiger partial charge >= 0.3 is 0 Å². The molecule has 0 fully saturated rings. The highest BCUT2D eigenvalue weighted by Crippen LogP contribution is 2.31. The molecule has 0 radical (unpaired) electrons. The molecule has 0 saturated carbocycles. The van der Waals surface area contributed by atoms with Gasteiger partial charge in [-0.05, 0) is 51.7 Å². The van der Waals surface area contributed by atoms with Gasteiger partial charge in [0.25, 0.3) is 0 Å². The average Bonchev–Trinajstić information content (AvgIpc) is 2.99. The first-order valence-corrected chi connectivity index (χ1v) is 12.6. The van der Waals surface area contributed by atoms with Crippen LogP contribution >= 0.6 is 0 Å². The molecule has 192 valence electrons. The summed E-state index contributed by atoms with van der Waals surface area (Å²) in [6.07, 6.45) is 6.67. The monoisotopic (exact) mass is 512 g/mol. The molecule has 0 aliphatic carbocycles. The number of benzene rings is 5. The minimum Gasteiger partial charge on any atom is -0.507 e. The molecule has 0 unspecified atom stereocenters. The van der Waals surface area contributed by atoms with E-state index in [9.17, 15) is 9.90 Å². The number of rotatable bonds is 8. The Hall–Kier alpha value is -5.09. The molecule has 0 saturated heterocycles. The first kappa shape index (κ1) is 25.6.